The molecule has 0 bridgehead atoms. The van der Waals surface area contributed by atoms with E-state index in [-0.39, 0.29) is 0 Å². The smallest absolute Gasteiger partial charge is 0.162 e. The van der Waals surface area contributed by atoms with Gasteiger partial charge in [0.25, 0.3) is 0 Å². The van der Waals surface area contributed by atoms with Crippen molar-refractivity contribution in [1.29, 1.82) is 0 Å². The van der Waals surface area contributed by atoms with Crippen LogP contribution in [0.5, 0.6) is 5.75 Å². The minimum Gasteiger partial charge on any atom is -0.473 e. The third-order valence-electron chi connectivity index (χ3n) is 4.30. The molecule has 3 aromatic carbocycles. The molecule has 0 spiro atoms. The Kier molecular flexibility index (Phi) is 3.83. The van der Waals surface area contributed by atoms with Crippen LogP contribution < -0.4 is 4.74 Å². The summed E-state index contributed by atoms with van der Waals surface area (Å²) in [6.07, 6.45) is 2.16. The van der Waals surface area contributed by atoms with Crippen molar-refractivity contribution in [2.24, 2.45) is 0 Å². The normalized spacial score (nSPS) is 14.1. The third kappa shape index (κ3) is 2.93. The molecule has 0 N–H and O–H groups in total. The third-order valence-corrected chi connectivity index (χ3v) is 4.30. The van der Waals surface area contributed by atoms with Gasteiger partial charge in [-0.05, 0) is 28.5 Å². The van der Waals surface area contributed by atoms with Crippen LogP contribution in [0.15, 0.2) is 79.0 Å². The predicted octanol–water partition coefficient (Wildman–Crippen LogP) is 4.38. The van der Waals surface area contributed by atoms with Gasteiger partial charge in [-0.25, -0.2) is 0 Å². The summed E-state index contributed by atoms with van der Waals surface area (Å²) in [6, 6.07) is 25.0. The average Bonchev–Trinajstić information content (AvgIpc) is 3.01. The fourth-order valence-corrected chi connectivity index (χ4v) is 3.06. The van der Waals surface area contributed by atoms with Crippen molar-refractivity contribution in [3.63, 3.8) is 0 Å². The highest BCUT2D eigenvalue weighted by atomic mass is 16.5. The van der Waals surface area contributed by atoms with Gasteiger partial charge in [0.2, 0.25) is 0 Å². The molecule has 4 rings (SSSR count). The Bertz CT molecular complexity index is 873. The Labute approximate surface area is 142 Å². The zero-order valence-corrected chi connectivity index (χ0v) is 13.7. The van der Waals surface area contributed by atoms with E-state index in [1.165, 1.54) is 22.0 Å². The van der Waals surface area contributed by atoms with Crippen LogP contribution in [0.2, 0.25) is 0 Å². The van der Waals surface area contributed by atoms with Crippen LogP contribution in [-0.4, -0.2) is 30.2 Å². The second kappa shape index (κ2) is 6.28. The van der Waals surface area contributed by atoms with Gasteiger partial charge in [-0.3, -0.25) is 0 Å². The van der Waals surface area contributed by atoms with Gasteiger partial charge in [0.15, 0.2) is 6.73 Å². The van der Waals surface area contributed by atoms with E-state index < -0.39 is 0 Å². The number of hydrogen-bond donors (Lipinski definition) is 0. The van der Waals surface area contributed by atoms with Crippen LogP contribution in [0.4, 0.5) is 0 Å². The van der Waals surface area contributed by atoms with E-state index >= 15 is 0 Å². The molecule has 120 valence electrons. The standard InChI is InChI=1S/C21H20N2O/c1-22-15-23(14-21(22)18-8-3-2-4-9-18)16-24-20-12-11-17-7-5-6-10-19(17)13-20/h2-14H,15-16H2,1H3. The quantitative estimate of drug-likeness (QED) is 0.710. The molecule has 0 saturated heterocycles. The molecule has 24 heavy (non-hydrogen) atoms. The first-order valence-electron chi connectivity index (χ1n) is 8.14. The summed E-state index contributed by atoms with van der Waals surface area (Å²) in [4.78, 5) is 4.41. The van der Waals surface area contributed by atoms with E-state index in [4.69, 9.17) is 4.74 Å². The molecule has 0 aromatic heterocycles. The van der Waals surface area contributed by atoms with Crippen LogP contribution in [0.3, 0.4) is 0 Å². The summed E-state index contributed by atoms with van der Waals surface area (Å²) >= 11 is 0. The lowest BCUT2D eigenvalue weighted by Crippen LogP contribution is -2.26. The van der Waals surface area contributed by atoms with Gasteiger partial charge in [0.1, 0.15) is 5.75 Å². The Balaban J connectivity index is 1.46. The zero-order valence-electron chi connectivity index (χ0n) is 13.7. The fraction of sp³-hybridized carbons (Fsp3) is 0.143. The molecule has 1 aliphatic rings. The molecule has 3 aromatic rings. The molecule has 0 unspecified atom stereocenters. The SMILES string of the molecule is CN1CN(COc2ccc3ccccc3c2)C=C1c1ccccc1. The van der Waals surface area contributed by atoms with Crippen molar-refractivity contribution in [2.45, 2.75) is 0 Å². The average molecular weight is 316 g/mol. The summed E-state index contributed by atoms with van der Waals surface area (Å²) in [7, 11) is 2.11. The lowest BCUT2D eigenvalue weighted by Gasteiger charge is -2.20. The lowest BCUT2D eigenvalue weighted by atomic mass is 10.1. The maximum atomic E-state index is 5.99. The van der Waals surface area contributed by atoms with E-state index in [0.29, 0.717) is 6.73 Å². The van der Waals surface area contributed by atoms with Crippen LogP contribution in [-0.2, 0) is 0 Å². The number of hydrogen-bond acceptors (Lipinski definition) is 3. The highest BCUT2D eigenvalue weighted by molar-refractivity contribution is 5.83. The van der Waals surface area contributed by atoms with Crippen LogP contribution >= 0.6 is 0 Å². The monoisotopic (exact) mass is 316 g/mol. The van der Waals surface area contributed by atoms with Crippen molar-refractivity contribution in [2.75, 3.05) is 20.4 Å². The summed E-state index contributed by atoms with van der Waals surface area (Å²) in [6.45, 7) is 1.37. The van der Waals surface area contributed by atoms with Crippen LogP contribution in [0.1, 0.15) is 5.56 Å². The van der Waals surface area contributed by atoms with E-state index in [9.17, 15) is 0 Å². The van der Waals surface area contributed by atoms with Crippen LogP contribution in [0.25, 0.3) is 16.5 Å². The van der Waals surface area contributed by atoms with Gasteiger partial charge in [-0.2, -0.15) is 0 Å². The summed E-state index contributed by atoms with van der Waals surface area (Å²) in [5.74, 6) is 0.901. The summed E-state index contributed by atoms with van der Waals surface area (Å²) in [5, 5.41) is 2.44. The van der Waals surface area contributed by atoms with E-state index in [0.717, 1.165) is 12.4 Å². The summed E-state index contributed by atoms with van der Waals surface area (Å²) < 4.78 is 5.99. The van der Waals surface area contributed by atoms with Gasteiger partial charge >= 0.3 is 0 Å². The molecule has 3 nitrogen and oxygen atoms in total. The second-order valence-electron chi connectivity index (χ2n) is 6.09. The Morgan fingerprint density at radius 2 is 1.62 bits per heavy atom. The first kappa shape index (κ1) is 14.6. The highest BCUT2D eigenvalue weighted by Gasteiger charge is 2.18. The number of benzene rings is 3. The first-order valence-corrected chi connectivity index (χ1v) is 8.14. The van der Waals surface area contributed by atoms with Crippen molar-refractivity contribution in [3.8, 4) is 5.75 Å². The van der Waals surface area contributed by atoms with Gasteiger partial charge in [0.05, 0.1) is 12.4 Å². The van der Waals surface area contributed by atoms with E-state index in [2.05, 4.69) is 83.7 Å². The Morgan fingerprint density at radius 1 is 0.875 bits per heavy atom. The molecule has 0 radical (unpaired) electrons. The Hall–Kier alpha value is -2.94. The fourth-order valence-electron chi connectivity index (χ4n) is 3.06. The molecule has 0 atom stereocenters. The number of fused-ring (bicyclic) bond motifs is 1. The molecule has 0 saturated carbocycles. The summed E-state index contributed by atoms with van der Waals surface area (Å²) in [5.41, 5.74) is 2.45. The van der Waals surface area contributed by atoms with Crippen molar-refractivity contribution in [3.05, 3.63) is 84.6 Å². The molecular formula is C21H20N2O. The molecule has 1 heterocycles. The maximum absolute atomic E-state index is 5.99. The first-order chi connectivity index (χ1) is 11.8. The maximum Gasteiger partial charge on any atom is 0.162 e. The number of ether oxygens (including phenoxy) is 1. The molecular weight excluding hydrogens is 296 g/mol. The topological polar surface area (TPSA) is 15.7 Å². The molecule has 1 aliphatic heterocycles. The largest absolute Gasteiger partial charge is 0.473 e. The number of nitrogens with zero attached hydrogens (tertiary/aromatic N) is 2. The van der Waals surface area contributed by atoms with E-state index in [1.807, 2.05) is 12.1 Å². The van der Waals surface area contributed by atoms with Gasteiger partial charge in [-0.1, -0.05) is 60.7 Å². The molecule has 0 fully saturated rings. The zero-order chi connectivity index (χ0) is 16.4. The van der Waals surface area contributed by atoms with Crippen molar-refractivity contribution in [1.82, 2.24) is 9.80 Å². The van der Waals surface area contributed by atoms with E-state index in [1.54, 1.807) is 0 Å². The van der Waals surface area contributed by atoms with Crippen molar-refractivity contribution < 1.29 is 4.74 Å². The minimum absolute atomic E-state index is 0.541. The minimum atomic E-state index is 0.541. The van der Waals surface area contributed by atoms with Gasteiger partial charge in [0, 0.05) is 13.2 Å². The lowest BCUT2D eigenvalue weighted by molar-refractivity contribution is 0.154. The highest BCUT2D eigenvalue weighted by Crippen LogP contribution is 2.25. The van der Waals surface area contributed by atoms with Gasteiger partial charge < -0.3 is 14.5 Å². The van der Waals surface area contributed by atoms with Gasteiger partial charge in [-0.15, -0.1) is 0 Å². The second-order valence-corrected chi connectivity index (χ2v) is 6.09. The number of rotatable bonds is 4. The van der Waals surface area contributed by atoms with Crippen LogP contribution in [0, 0.1) is 0 Å². The van der Waals surface area contributed by atoms with Crippen molar-refractivity contribution >= 4 is 16.5 Å². The molecule has 3 heteroatoms. The predicted molar refractivity (Wildman–Crippen MR) is 98.3 cm³/mol. The molecule has 0 aliphatic carbocycles. The molecule has 0 amide bonds. The Morgan fingerprint density at radius 3 is 2.46 bits per heavy atom.